The number of morpholine rings is 1. The molecular formula is C19H18N2O3. The highest BCUT2D eigenvalue weighted by atomic mass is 16.5. The summed E-state index contributed by atoms with van der Waals surface area (Å²) in [4.78, 5) is 14.3. The lowest BCUT2D eigenvalue weighted by Gasteiger charge is -2.26. The molecule has 1 heterocycles. The van der Waals surface area contributed by atoms with Crippen molar-refractivity contribution < 1.29 is 14.3 Å². The molecule has 1 aliphatic rings. The van der Waals surface area contributed by atoms with Crippen molar-refractivity contribution in [2.24, 2.45) is 0 Å². The standard InChI is InChI=1S/C19H18N2O3/c1-23-18-7-6-14-4-2-3-5-16(14)17(18)12-15(13-20)19(22)21-8-10-24-11-9-21/h2-7,12H,8-11H2,1H3/b15-12-. The Hall–Kier alpha value is -2.84. The Morgan fingerprint density at radius 3 is 2.71 bits per heavy atom. The molecule has 0 bridgehead atoms. The number of fused-ring (bicyclic) bond motifs is 1. The van der Waals surface area contributed by atoms with Gasteiger partial charge in [-0.1, -0.05) is 30.3 Å². The van der Waals surface area contributed by atoms with Crippen molar-refractivity contribution >= 4 is 22.8 Å². The van der Waals surface area contributed by atoms with Gasteiger partial charge in [-0.25, -0.2) is 0 Å². The molecule has 0 radical (unpaired) electrons. The maximum atomic E-state index is 12.6. The predicted molar refractivity (Wildman–Crippen MR) is 91.5 cm³/mol. The van der Waals surface area contributed by atoms with Crippen molar-refractivity contribution in [2.75, 3.05) is 33.4 Å². The van der Waals surface area contributed by atoms with Gasteiger partial charge in [0.25, 0.3) is 5.91 Å². The van der Waals surface area contributed by atoms with Gasteiger partial charge < -0.3 is 14.4 Å². The molecule has 5 nitrogen and oxygen atoms in total. The number of carbonyl (C=O) groups excluding carboxylic acids is 1. The summed E-state index contributed by atoms with van der Waals surface area (Å²) < 4.78 is 10.7. The zero-order valence-electron chi connectivity index (χ0n) is 13.5. The fourth-order valence-electron chi connectivity index (χ4n) is 2.83. The largest absolute Gasteiger partial charge is 0.496 e. The van der Waals surface area contributed by atoms with E-state index in [1.54, 1.807) is 18.1 Å². The second-order valence-electron chi connectivity index (χ2n) is 5.48. The van der Waals surface area contributed by atoms with E-state index in [2.05, 4.69) is 0 Å². The van der Waals surface area contributed by atoms with E-state index in [-0.39, 0.29) is 11.5 Å². The average molecular weight is 322 g/mol. The van der Waals surface area contributed by atoms with Gasteiger partial charge in [0.2, 0.25) is 0 Å². The van der Waals surface area contributed by atoms with Crippen LogP contribution in [0.25, 0.3) is 16.8 Å². The molecule has 0 atom stereocenters. The van der Waals surface area contributed by atoms with E-state index >= 15 is 0 Å². The molecule has 0 saturated carbocycles. The Bertz CT molecular complexity index is 830. The molecule has 0 aromatic heterocycles. The van der Waals surface area contributed by atoms with Crippen LogP contribution >= 0.6 is 0 Å². The van der Waals surface area contributed by atoms with E-state index in [1.807, 2.05) is 42.5 Å². The third kappa shape index (κ3) is 3.10. The van der Waals surface area contributed by atoms with Crippen molar-refractivity contribution in [3.63, 3.8) is 0 Å². The van der Waals surface area contributed by atoms with E-state index in [1.165, 1.54) is 0 Å². The van der Waals surface area contributed by atoms with E-state index in [0.29, 0.717) is 32.1 Å². The van der Waals surface area contributed by atoms with Gasteiger partial charge in [-0.15, -0.1) is 0 Å². The van der Waals surface area contributed by atoms with Crippen LogP contribution in [-0.2, 0) is 9.53 Å². The number of carbonyl (C=O) groups is 1. The van der Waals surface area contributed by atoms with Crippen LogP contribution in [0.2, 0.25) is 0 Å². The molecule has 122 valence electrons. The van der Waals surface area contributed by atoms with Crippen LogP contribution < -0.4 is 4.74 Å². The molecule has 0 aliphatic carbocycles. The van der Waals surface area contributed by atoms with Crippen molar-refractivity contribution in [2.45, 2.75) is 0 Å². The van der Waals surface area contributed by atoms with Gasteiger partial charge in [0.1, 0.15) is 17.4 Å². The Balaban J connectivity index is 2.06. The van der Waals surface area contributed by atoms with Crippen molar-refractivity contribution in [3.05, 3.63) is 47.5 Å². The monoisotopic (exact) mass is 322 g/mol. The number of nitrogens with zero attached hydrogens (tertiary/aromatic N) is 2. The molecule has 0 spiro atoms. The molecular weight excluding hydrogens is 304 g/mol. The van der Waals surface area contributed by atoms with Crippen LogP contribution in [0.5, 0.6) is 5.75 Å². The Kier molecular flexibility index (Phi) is 4.78. The van der Waals surface area contributed by atoms with Gasteiger partial charge in [0.05, 0.1) is 20.3 Å². The van der Waals surface area contributed by atoms with Crippen molar-refractivity contribution in [1.82, 2.24) is 4.90 Å². The van der Waals surface area contributed by atoms with E-state index in [0.717, 1.165) is 16.3 Å². The van der Waals surface area contributed by atoms with Gasteiger partial charge in [-0.3, -0.25) is 4.79 Å². The number of methoxy groups -OCH3 is 1. The zero-order valence-corrected chi connectivity index (χ0v) is 13.5. The van der Waals surface area contributed by atoms with Crippen LogP contribution in [0.3, 0.4) is 0 Å². The summed E-state index contributed by atoms with van der Waals surface area (Å²) in [5, 5.41) is 11.5. The summed E-state index contributed by atoms with van der Waals surface area (Å²) in [6, 6.07) is 13.7. The number of amides is 1. The number of hydrogen-bond acceptors (Lipinski definition) is 4. The SMILES string of the molecule is COc1ccc2ccccc2c1/C=C(/C#N)C(=O)N1CCOCC1. The van der Waals surface area contributed by atoms with Crippen molar-refractivity contribution in [3.8, 4) is 11.8 Å². The van der Waals surface area contributed by atoms with Crippen LogP contribution in [-0.4, -0.2) is 44.2 Å². The highest BCUT2D eigenvalue weighted by Gasteiger charge is 2.21. The van der Waals surface area contributed by atoms with E-state index in [9.17, 15) is 10.1 Å². The maximum absolute atomic E-state index is 12.6. The zero-order chi connectivity index (χ0) is 16.9. The van der Waals surface area contributed by atoms with Crippen LogP contribution in [0.4, 0.5) is 0 Å². The molecule has 5 heteroatoms. The second-order valence-corrected chi connectivity index (χ2v) is 5.48. The number of hydrogen-bond donors (Lipinski definition) is 0. The molecule has 1 amide bonds. The van der Waals surface area contributed by atoms with Crippen LogP contribution in [0, 0.1) is 11.3 Å². The second kappa shape index (κ2) is 7.16. The predicted octanol–water partition coefficient (Wildman–Crippen LogP) is 2.61. The molecule has 3 rings (SSSR count). The van der Waals surface area contributed by atoms with E-state index < -0.39 is 0 Å². The van der Waals surface area contributed by atoms with Gasteiger partial charge in [-0.05, 0) is 22.9 Å². The molecule has 2 aromatic rings. The first kappa shape index (κ1) is 16.0. The first-order chi connectivity index (χ1) is 11.7. The summed E-state index contributed by atoms with van der Waals surface area (Å²) in [6.45, 7) is 2.01. The van der Waals surface area contributed by atoms with Crippen LogP contribution in [0.1, 0.15) is 5.56 Å². The smallest absolute Gasteiger partial charge is 0.264 e. The van der Waals surface area contributed by atoms with Crippen molar-refractivity contribution in [1.29, 1.82) is 5.26 Å². The fraction of sp³-hybridized carbons (Fsp3) is 0.263. The summed E-state index contributed by atoms with van der Waals surface area (Å²) in [5.41, 5.74) is 0.848. The normalized spacial score (nSPS) is 15.2. The highest BCUT2D eigenvalue weighted by molar-refractivity contribution is 6.05. The number of benzene rings is 2. The number of ether oxygens (including phenoxy) is 2. The summed E-state index contributed by atoms with van der Waals surface area (Å²) in [6.07, 6.45) is 1.62. The minimum absolute atomic E-state index is 0.103. The average Bonchev–Trinajstić information content (AvgIpc) is 2.66. The fourth-order valence-corrected chi connectivity index (χ4v) is 2.83. The molecule has 0 unspecified atom stereocenters. The topological polar surface area (TPSA) is 62.6 Å². The Morgan fingerprint density at radius 1 is 1.25 bits per heavy atom. The molecule has 1 saturated heterocycles. The minimum Gasteiger partial charge on any atom is -0.496 e. The van der Waals surface area contributed by atoms with Gasteiger partial charge in [0, 0.05) is 18.7 Å². The quantitative estimate of drug-likeness (QED) is 0.644. The first-order valence-electron chi connectivity index (χ1n) is 7.79. The lowest BCUT2D eigenvalue weighted by molar-refractivity contribution is -0.130. The highest BCUT2D eigenvalue weighted by Crippen LogP contribution is 2.30. The van der Waals surface area contributed by atoms with E-state index in [4.69, 9.17) is 9.47 Å². The Labute approximate surface area is 140 Å². The third-order valence-corrected chi connectivity index (χ3v) is 4.09. The van der Waals surface area contributed by atoms with Gasteiger partial charge >= 0.3 is 0 Å². The summed E-state index contributed by atoms with van der Waals surface area (Å²) in [5.74, 6) is 0.368. The molecule has 1 fully saturated rings. The molecule has 24 heavy (non-hydrogen) atoms. The lowest BCUT2D eigenvalue weighted by atomic mass is 10.0. The Morgan fingerprint density at radius 2 is 2.00 bits per heavy atom. The minimum atomic E-state index is -0.268. The third-order valence-electron chi connectivity index (χ3n) is 4.09. The van der Waals surface area contributed by atoms with Gasteiger partial charge in [-0.2, -0.15) is 5.26 Å². The maximum Gasteiger partial charge on any atom is 0.264 e. The van der Waals surface area contributed by atoms with Crippen LogP contribution in [0.15, 0.2) is 42.0 Å². The summed E-state index contributed by atoms with van der Waals surface area (Å²) in [7, 11) is 1.58. The molecule has 2 aromatic carbocycles. The van der Waals surface area contributed by atoms with Gasteiger partial charge in [0.15, 0.2) is 0 Å². The number of rotatable bonds is 3. The molecule has 0 N–H and O–H groups in total. The molecule has 1 aliphatic heterocycles. The lowest BCUT2D eigenvalue weighted by Crippen LogP contribution is -2.41. The first-order valence-corrected chi connectivity index (χ1v) is 7.79. The summed E-state index contributed by atoms with van der Waals surface area (Å²) >= 11 is 0. The number of nitriles is 1.